The average Bonchev–Trinajstić information content (AvgIpc) is 2.68. The minimum Gasteiger partial charge on any atom is -0.398 e. The number of sulfonamides is 1. The number of anilines is 1. The molecule has 0 aliphatic carbocycles. The Morgan fingerprint density at radius 2 is 1.95 bits per heavy atom. The lowest BCUT2D eigenvalue weighted by Crippen LogP contribution is -2.46. The van der Waals surface area contributed by atoms with Gasteiger partial charge in [0.1, 0.15) is 4.90 Å². The van der Waals surface area contributed by atoms with Crippen molar-refractivity contribution in [3.63, 3.8) is 0 Å². The molecule has 1 aromatic rings. The normalized spacial score (nSPS) is 23.7. The Hall–Kier alpha value is -1.11. The quantitative estimate of drug-likeness (QED) is 0.821. The van der Waals surface area contributed by atoms with E-state index in [1.165, 1.54) is 0 Å². The van der Waals surface area contributed by atoms with Crippen molar-refractivity contribution in [3.05, 3.63) is 23.3 Å². The van der Waals surface area contributed by atoms with Gasteiger partial charge in [-0.05, 0) is 50.5 Å². The van der Waals surface area contributed by atoms with Crippen molar-refractivity contribution < 1.29 is 13.2 Å². The number of nitrogens with two attached hydrogens (primary N) is 1. The van der Waals surface area contributed by atoms with Gasteiger partial charge in [-0.15, -0.1) is 0 Å². The summed E-state index contributed by atoms with van der Waals surface area (Å²) in [6.07, 6.45) is 0.664. The number of nitrogen functional groups attached to an aromatic ring is 1. The highest BCUT2D eigenvalue weighted by Gasteiger charge is 2.35. The summed E-state index contributed by atoms with van der Waals surface area (Å²) in [7, 11) is -3.63. The van der Waals surface area contributed by atoms with Gasteiger partial charge in [-0.25, -0.2) is 13.1 Å². The minimum absolute atomic E-state index is 0.142. The Balaban J connectivity index is 2.37. The molecule has 0 saturated carbocycles. The summed E-state index contributed by atoms with van der Waals surface area (Å²) in [6, 6.07) is 3.31. The highest BCUT2D eigenvalue weighted by molar-refractivity contribution is 7.89. The largest absolute Gasteiger partial charge is 0.398 e. The van der Waals surface area contributed by atoms with Crippen LogP contribution >= 0.6 is 0 Å². The van der Waals surface area contributed by atoms with Crippen molar-refractivity contribution in [2.24, 2.45) is 0 Å². The minimum atomic E-state index is -3.63. The predicted octanol–water partition coefficient (Wildman–Crippen LogP) is 1.34. The van der Waals surface area contributed by atoms with Gasteiger partial charge in [0.25, 0.3) is 0 Å². The van der Waals surface area contributed by atoms with Crippen molar-refractivity contribution in [1.82, 2.24) is 4.72 Å². The fourth-order valence-corrected chi connectivity index (χ4v) is 3.79. The fraction of sp³-hybridized carbons (Fsp3) is 0.538. The average molecular weight is 284 g/mol. The summed E-state index contributed by atoms with van der Waals surface area (Å²) in [4.78, 5) is 0.142. The standard InChI is InChI=1S/C13H20N2O3S/c1-9-6-11(14)12(7-10(9)2)19(16,17)15-13(3)4-5-18-8-13/h6-7,15H,4-5,8,14H2,1-3H3. The van der Waals surface area contributed by atoms with Gasteiger partial charge in [0, 0.05) is 6.61 Å². The molecule has 5 nitrogen and oxygen atoms in total. The third kappa shape index (κ3) is 2.91. The van der Waals surface area contributed by atoms with Crippen molar-refractivity contribution in [3.8, 4) is 0 Å². The van der Waals surface area contributed by atoms with Crippen LogP contribution in [0.2, 0.25) is 0 Å². The van der Waals surface area contributed by atoms with Gasteiger partial charge in [0.05, 0.1) is 17.8 Å². The van der Waals surface area contributed by atoms with E-state index in [0.29, 0.717) is 19.6 Å². The zero-order valence-electron chi connectivity index (χ0n) is 11.5. The zero-order valence-corrected chi connectivity index (χ0v) is 12.3. The predicted molar refractivity (Wildman–Crippen MR) is 74.5 cm³/mol. The summed E-state index contributed by atoms with van der Waals surface area (Å²) in [6.45, 7) is 6.57. The van der Waals surface area contributed by atoms with Crippen LogP contribution in [-0.4, -0.2) is 27.2 Å². The van der Waals surface area contributed by atoms with E-state index < -0.39 is 15.6 Å². The van der Waals surface area contributed by atoms with Crippen LogP contribution in [0.15, 0.2) is 17.0 Å². The number of nitrogens with one attached hydrogen (secondary N) is 1. The lowest BCUT2D eigenvalue weighted by molar-refractivity contribution is 0.178. The van der Waals surface area contributed by atoms with Gasteiger partial charge in [-0.2, -0.15) is 0 Å². The number of aryl methyl sites for hydroxylation is 2. The van der Waals surface area contributed by atoms with E-state index >= 15 is 0 Å². The molecule has 0 aromatic heterocycles. The van der Waals surface area contributed by atoms with Crippen LogP contribution in [-0.2, 0) is 14.8 Å². The maximum atomic E-state index is 12.4. The first kappa shape index (κ1) is 14.3. The summed E-state index contributed by atoms with van der Waals surface area (Å²) in [5.41, 5.74) is 7.45. The molecule has 106 valence electrons. The van der Waals surface area contributed by atoms with Crippen LogP contribution in [0.1, 0.15) is 24.5 Å². The molecule has 1 aliphatic rings. The molecule has 1 aromatic carbocycles. The lowest BCUT2D eigenvalue weighted by atomic mass is 10.0. The molecule has 2 rings (SSSR count). The van der Waals surface area contributed by atoms with Gasteiger partial charge >= 0.3 is 0 Å². The van der Waals surface area contributed by atoms with Gasteiger partial charge in [-0.1, -0.05) is 0 Å². The molecule has 6 heteroatoms. The molecule has 19 heavy (non-hydrogen) atoms. The first-order valence-electron chi connectivity index (χ1n) is 6.22. The van der Waals surface area contributed by atoms with E-state index in [2.05, 4.69) is 4.72 Å². The molecule has 1 fully saturated rings. The highest BCUT2D eigenvalue weighted by atomic mass is 32.2. The molecule has 0 spiro atoms. The molecule has 0 radical (unpaired) electrons. The van der Waals surface area contributed by atoms with Crippen molar-refractivity contribution in [2.75, 3.05) is 18.9 Å². The molecule has 0 amide bonds. The molecule has 0 bridgehead atoms. The van der Waals surface area contributed by atoms with E-state index in [1.54, 1.807) is 12.1 Å². The number of rotatable bonds is 3. The van der Waals surface area contributed by atoms with Crippen LogP contribution in [0.5, 0.6) is 0 Å². The fourth-order valence-electron chi connectivity index (χ4n) is 2.17. The second-order valence-electron chi connectivity index (χ2n) is 5.44. The zero-order chi connectivity index (χ0) is 14.3. The maximum absolute atomic E-state index is 12.4. The smallest absolute Gasteiger partial charge is 0.243 e. The summed E-state index contributed by atoms with van der Waals surface area (Å²) < 4.78 is 32.8. The Morgan fingerprint density at radius 3 is 2.53 bits per heavy atom. The van der Waals surface area contributed by atoms with Gasteiger partial charge in [-0.3, -0.25) is 0 Å². The molecule has 3 N–H and O–H groups in total. The van der Waals surface area contributed by atoms with Crippen molar-refractivity contribution in [1.29, 1.82) is 0 Å². The molecular weight excluding hydrogens is 264 g/mol. The first-order chi connectivity index (χ1) is 8.73. The Labute approximate surface area is 114 Å². The Morgan fingerprint density at radius 1 is 1.32 bits per heavy atom. The van der Waals surface area contributed by atoms with Gasteiger partial charge in [0.15, 0.2) is 0 Å². The summed E-state index contributed by atoms with van der Waals surface area (Å²) in [5.74, 6) is 0. The Kier molecular flexibility index (Phi) is 3.59. The van der Waals surface area contributed by atoms with Gasteiger partial charge < -0.3 is 10.5 Å². The second-order valence-corrected chi connectivity index (χ2v) is 7.09. The van der Waals surface area contributed by atoms with Gasteiger partial charge in [0.2, 0.25) is 10.0 Å². The van der Waals surface area contributed by atoms with E-state index in [1.807, 2.05) is 20.8 Å². The molecule has 1 heterocycles. The topological polar surface area (TPSA) is 81.4 Å². The number of ether oxygens (including phenoxy) is 1. The van der Waals surface area contributed by atoms with Crippen LogP contribution in [0.4, 0.5) is 5.69 Å². The Bertz CT molecular complexity index is 590. The molecule has 1 unspecified atom stereocenters. The summed E-state index contributed by atoms with van der Waals surface area (Å²) in [5, 5.41) is 0. The first-order valence-corrected chi connectivity index (χ1v) is 7.70. The van der Waals surface area contributed by atoms with Crippen molar-refractivity contribution >= 4 is 15.7 Å². The van der Waals surface area contributed by atoms with Crippen LogP contribution in [0, 0.1) is 13.8 Å². The van der Waals surface area contributed by atoms with E-state index in [9.17, 15) is 8.42 Å². The van der Waals surface area contributed by atoms with Crippen LogP contribution in [0.3, 0.4) is 0 Å². The monoisotopic (exact) mass is 284 g/mol. The SMILES string of the molecule is Cc1cc(N)c(S(=O)(=O)NC2(C)CCOC2)cc1C. The number of hydrogen-bond donors (Lipinski definition) is 2. The van der Waals surface area contributed by atoms with E-state index in [-0.39, 0.29) is 10.6 Å². The third-order valence-electron chi connectivity index (χ3n) is 3.52. The molecule has 1 atom stereocenters. The van der Waals surface area contributed by atoms with E-state index in [4.69, 9.17) is 10.5 Å². The second kappa shape index (κ2) is 4.77. The van der Waals surface area contributed by atoms with Crippen LogP contribution < -0.4 is 10.5 Å². The number of hydrogen-bond acceptors (Lipinski definition) is 4. The van der Waals surface area contributed by atoms with Crippen molar-refractivity contribution in [2.45, 2.75) is 37.6 Å². The van der Waals surface area contributed by atoms with E-state index in [0.717, 1.165) is 11.1 Å². The molecule has 1 saturated heterocycles. The molecular formula is C13H20N2O3S. The highest BCUT2D eigenvalue weighted by Crippen LogP contribution is 2.26. The number of benzene rings is 1. The maximum Gasteiger partial charge on any atom is 0.243 e. The summed E-state index contributed by atoms with van der Waals surface area (Å²) >= 11 is 0. The molecule has 1 aliphatic heterocycles. The van der Waals surface area contributed by atoms with Crippen LogP contribution in [0.25, 0.3) is 0 Å². The third-order valence-corrected chi connectivity index (χ3v) is 5.21. The lowest BCUT2D eigenvalue weighted by Gasteiger charge is -2.24.